The molecule has 0 unspecified atom stereocenters. The van der Waals surface area contributed by atoms with Crippen LogP contribution in [0.15, 0.2) is 97.1 Å². The van der Waals surface area contributed by atoms with E-state index in [1.807, 2.05) is 60.7 Å². The molecule has 0 fully saturated rings. The Bertz CT molecular complexity index is 1170. The molecule has 0 bridgehead atoms. The minimum Gasteiger partial charge on any atom is -0.489 e. The summed E-state index contributed by atoms with van der Waals surface area (Å²) in [6.07, 6.45) is 0.912. The lowest BCUT2D eigenvalue weighted by atomic mass is 9.86. The van der Waals surface area contributed by atoms with E-state index in [-0.39, 0.29) is 12.0 Å². The Morgan fingerprint density at radius 1 is 0.559 bits per heavy atom. The maximum atomic E-state index is 9.13. The Kier molecular flexibility index (Phi) is 7.34. The van der Waals surface area contributed by atoms with Gasteiger partial charge in [0.05, 0.1) is 6.61 Å². The Morgan fingerprint density at radius 2 is 1.00 bits per heavy atom. The predicted molar refractivity (Wildman–Crippen MR) is 138 cm³/mol. The highest BCUT2D eigenvalue weighted by molar-refractivity contribution is 5.36. The van der Waals surface area contributed by atoms with Crippen molar-refractivity contribution in [3.8, 4) is 17.2 Å². The Hall–Kier alpha value is -3.56. The first kappa shape index (κ1) is 23.6. The predicted octanol–water partition coefficient (Wildman–Crippen LogP) is 7.44. The van der Waals surface area contributed by atoms with Gasteiger partial charge in [-0.25, -0.2) is 0 Å². The lowest BCUT2D eigenvalue weighted by molar-refractivity contribution is 0.281. The molecule has 1 N–H and O–H groups in total. The van der Waals surface area contributed by atoms with E-state index in [2.05, 4.69) is 57.2 Å². The molecule has 0 aliphatic rings. The molecule has 0 aliphatic heterocycles. The van der Waals surface area contributed by atoms with Gasteiger partial charge in [-0.05, 0) is 76.1 Å². The zero-order chi connectivity index (χ0) is 24.0. The molecule has 0 spiro atoms. The van der Waals surface area contributed by atoms with Gasteiger partial charge in [0.25, 0.3) is 0 Å². The van der Waals surface area contributed by atoms with Crippen LogP contribution in [0.4, 0.5) is 0 Å². The van der Waals surface area contributed by atoms with Crippen LogP contribution in [0.1, 0.15) is 48.6 Å². The normalized spacial score (nSPS) is 11.3. The van der Waals surface area contributed by atoms with E-state index in [0.29, 0.717) is 6.61 Å². The minimum atomic E-state index is 0.0309. The monoisotopic (exact) mass is 452 g/mol. The first-order chi connectivity index (χ1) is 16.4. The van der Waals surface area contributed by atoms with Crippen LogP contribution in [0, 0.1) is 0 Å². The summed E-state index contributed by atoms with van der Waals surface area (Å²) in [6.45, 7) is 7.25. The van der Waals surface area contributed by atoms with Crippen molar-refractivity contribution in [2.45, 2.75) is 45.8 Å². The molecule has 0 aliphatic carbocycles. The van der Waals surface area contributed by atoms with Crippen molar-refractivity contribution >= 4 is 0 Å². The second-order valence-corrected chi connectivity index (χ2v) is 9.60. The lowest BCUT2D eigenvalue weighted by Crippen LogP contribution is -2.10. The van der Waals surface area contributed by atoms with Gasteiger partial charge in [-0.3, -0.25) is 0 Å². The Morgan fingerprint density at radius 3 is 1.50 bits per heavy atom. The second kappa shape index (κ2) is 10.6. The SMILES string of the molecule is CC(C)(C)c1ccc(Cc2ccc(OCc3ccc(Oc4ccc(CO)cc4)cc3)cc2)cc1. The molecule has 4 aromatic rings. The second-order valence-electron chi connectivity index (χ2n) is 9.60. The van der Waals surface area contributed by atoms with Gasteiger partial charge in [0.2, 0.25) is 0 Å². The van der Waals surface area contributed by atoms with Crippen molar-refractivity contribution in [2.75, 3.05) is 0 Å². The molecule has 0 aromatic heterocycles. The highest BCUT2D eigenvalue weighted by Crippen LogP contribution is 2.24. The zero-order valence-corrected chi connectivity index (χ0v) is 20.1. The van der Waals surface area contributed by atoms with Gasteiger partial charge in [0.15, 0.2) is 0 Å². The number of aliphatic hydroxyl groups is 1. The van der Waals surface area contributed by atoms with E-state index in [4.69, 9.17) is 14.6 Å². The molecule has 4 aromatic carbocycles. The van der Waals surface area contributed by atoms with Crippen LogP contribution in [-0.4, -0.2) is 5.11 Å². The summed E-state index contributed by atoms with van der Waals surface area (Å²) in [7, 11) is 0. The third kappa shape index (κ3) is 6.49. The van der Waals surface area contributed by atoms with E-state index in [1.54, 1.807) is 0 Å². The van der Waals surface area contributed by atoms with Crippen LogP contribution >= 0.6 is 0 Å². The molecular formula is C31H32O3. The summed E-state index contributed by atoms with van der Waals surface area (Å²) in [5.74, 6) is 2.36. The van der Waals surface area contributed by atoms with Crippen LogP contribution < -0.4 is 9.47 Å². The van der Waals surface area contributed by atoms with E-state index < -0.39 is 0 Å². The largest absolute Gasteiger partial charge is 0.489 e. The molecule has 34 heavy (non-hydrogen) atoms. The van der Waals surface area contributed by atoms with Crippen LogP contribution in [0.2, 0.25) is 0 Å². The first-order valence-electron chi connectivity index (χ1n) is 11.7. The van der Waals surface area contributed by atoms with Gasteiger partial charge in [0, 0.05) is 0 Å². The van der Waals surface area contributed by atoms with Gasteiger partial charge in [0.1, 0.15) is 23.9 Å². The molecule has 4 rings (SSSR count). The Labute approximate surface area is 202 Å². The highest BCUT2D eigenvalue weighted by Gasteiger charge is 2.12. The maximum Gasteiger partial charge on any atom is 0.127 e. The molecule has 3 heteroatoms. The summed E-state index contributed by atoms with van der Waals surface area (Å²) in [6, 6.07) is 32.5. The van der Waals surface area contributed by atoms with E-state index >= 15 is 0 Å². The van der Waals surface area contributed by atoms with Crippen molar-refractivity contribution in [2.24, 2.45) is 0 Å². The summed E-state index contributed by atoms with van der Waals surface area (Å²) in [4.78, 5) is 0. The van der Waals surface area contributed by atoms with Crippen molar-refractivity contribution in [1.82, 2.24) is 0 Å². The number of rotatable bonds is 8. The summed E-state index contributed by atoms with van der Waals surface area (Å²) < 4.78 is 11.8. The molecule has 0 amide bonds. The average molecular weight is 453 g/mol. The van der Waals surface area contributed by atoms with Gasteiger partial charge in [-0.2, -0.15) is 0 Å². The quantitative estimate of drug-likeness (QED) is 0.302. The number of ether oxygens (including phenoxy) is 2. The summed E-state index contributed by atoms with van der Waals surface area (Å²) in [5, 5.41) is 9.13. The van der Waals surface area contributed by atoms with Crippen molar-refractivity contribution in [1.29, 1.82) is 0 Å². The number of hydrogen-bond donors (Lipinski definition) is 1. The molecule has 0 saturated heterocycles. The molecular weight excluding hydrogens is 420 g/mol. The molecule has 0 saturated carbocycles. The van der Waals surface area contributed by atoms with E-state index in [0.717, 1.165) is 34.8 Å². The smallest absolute Gasteiger partial charge is 0.127 e. The average Bonchev–Trinajstić information content (AvgIpc) is 2.85. The summed E-state index contributed by atoms with van der Waals surface area (Å²) >= 11 is 0. The van der Waals surface area contributed by atoms with Gasteiger partial charge in [-0.1, -0.05) is 81.4 Å². The third-order valence-corrected chi connectivity index (χ3v) is 5.82. The van der Waals surface area contributed by atoms with Gasteiger partial charge in [-0.15, -0.1) is 0 Å². The number of benzene rings is 4. The van der Waals surface area contributed by atoms with Gasteiger partial charge < -0.3 is 14.6 Å². The fraction of sp³-hybridized carbons (Fsp3) is 0.226. The van der Waals surface area contributed by atoms with Crippen molar-refractivity contribution in [3.05, 3.63) is 125 Å². The highest BCUT2D eigenvalue weighted by atomic mass is 16.5. The molecule has 0 heterocycles. The Balaban J connectivity index is 1.28. The summed E-state index contributed by atoms with van der Waals surface area (Å²) in [5.41, 5.74) is 6.06. The zero-order valence-electron chi connectivity index (χ0n) is 20.1. The molecule has 174 valence electrons. The molecule has 3 nitrogen and oxygen atoms in total. The lowest BCUT2D eigenvalue weighted by Gasteiger charge is -2.19. The molecule has 0 atom stereocenters. The van der Waals surface area contributed by atoms with Crippen LogP contribution in [-0.2, 0) is 25.0 Å². The van der Waals surface area contributed by atoms with Crippen LogP contribution in [0.3, 0.4) is 0 Å². The van der Waals surface area contributed by atoms with Gasteiger partial charge >= 0.3 is 0 Å². The fourth-order valence-electron chi connectivity index (χ4n) is 3.68. The van der Waals surface area contributed by atoms with E-state index in [1.165, 1.54) is 16.7 Å². The molecule has 0 radical (unpaired) electrons. The topological polar surface area (TPSA) is 38.7 Å². The van der Waals surface area contributed by atoms with Crippen molar-refractivity contribution < 1.29 is 14.6 Å². The van der Waals surface area contributed by atoms with E-state index in [9.17, 15) is 0 Å². The third-order valence-electron chi connectivity index (χ3n) is 5.82. The number of hydrogen-bond acceptors (Lipinski definition) is 3. The van der Waals surface area contributed by atoms with Crippen LogP contribution in [0.5, 0.6) is 17.2 Å². The number of aliphatic hydroxyl groups excluding tert-OH is 1. The van der Waals surface area contributed by atoms with Crippen LogP contribution in [0.25, 0.3) is 0 Å². The van der Waals surface area contributed by atoms with Crippen molar-refractivity contribution in [3.63, 3.8) is 0 Å². The maximum absolute atomic E-state index is 9.13. The first-order valence-corrected chi connectivity index (χ1v) is 11.7. The standard InChI is InChI=1S/C31H32O3/c1-31(2,3)27-12-4-23(5-13-27)20-24-6-14-28(15-7-24)33-22-26-10-18-30(19-11-26)34-29-16-8-25(21-32)9-17-29/h4-19,32H,20-22H2,1-3H3. The minimum absolute atomic E-state index is 0.0309. The fourth-order valence-corrected chi connectivity index (χ4v) is 3.68.